The lowest BCUT2D eigenvalue weighted by atomic mass is 10.2. The van der Waals surface area contributed by atoms with Crippen molar-refractivity contribution in [2.45, 2.75) is 13.5 Å². The number of benzene rings is 2. The van der Waals surface area contributed by atoms with Crippen LogP contribution in [-0.2, 0) is 6.61 Å². The summed E-state index contributed by atoms with van der Waals surface area (Å²) < 4.78 is 13.1. The summed E-state index contributed by atoms with van der Waals surface area (Å²) in [5.74, 6) is 1.33. The quantitative estimate of drug-likeness (QED) is 0.470. The van der Waals surface area contributed by atoms with Crippen molar-refractivity contribution in [3.63, 3.8) is 0 Å². The van der Waals surface area contributed by atoms with E-state index < -0.39 is 0 Å². The molecule has 0 bridgehead atoms. The van der Waals surface area contributed by atoms with Gasteiger partial charge in [0.15, 0.2) is 11.5 Å². The summed E-state index contributed by atoms with van der Waals surface area (Å²) in [4.78, 5) is 8.74. The number of ether oxygens (including phenoxy) is 2. The molecule has 0 amide bonds. The first-order valence-corrected chi connectivity index (χ1v) is 9.29. The summed E-state index contributed by atoms with van der Waals surface area (Å²) in [6.07, 6.45) is 3.47. The highest BCUT2D eigenvalue weighted by Gasteiger charge is 2.07. The summed E-state index contributed by atoms with van der Waals surface area (Å²) >= 11 is 1.61. The second-order valence-corrected chi connectivity index (χ2v) is 6.94. The van der Waals surface area contributed by atoms with E-state index in [1.54, 1.807) is 35.7 Å². The third kappa shape index (κ3) is 3.83. The van der Waals surface area contributed by atoms with E-state index in [0.717, 1.165) is 27.3 Å². The Morgan fingerprint density at radius 3 is 2.89 bits per heavy atom. The number of methoxy groups -OCH3 is 1. The Morgan fingerprint density at radius 2 is 2.07 bits per heavy atom. The second-order valence-electron chi connectivity index (χ2n) is 5.88. The van der Waals surface area contributed by atoms with Crippen molar-refractivity contribution in [3.05, 3.63) is 70.4 Å². The number of aryl methyl sites for hydroxylation is 1. The summed E-state index contributed by atoms with van der Waals surface area (Å²) in [5, 5.41) is 7.52. The number of para-hydroxylation sites is 2. The molecule has 0 aliphatic heterocycles. The molecule has 4 rings (SSSR count). The van der Waals surface area contributed by atoms with Crippen LogP contribution in [0, 0.1) is 6.92 Å². The predicted octanol–water partition coefficient (Wildman–Crippen LogP) is 4.27. The maximum absolute atomic E-state index is 5.85. The van der Waals surface area contributed by atoms with Crippen LogP contribution in [0.1, 0.15) is 16.3 Å². The highest BCUT2D eigenvalue weighted by Crippen LogP contribution is 2.28. The van der Waals surface area contributed by atoms with Crippen molar-refractivity contribution in [1.29, 1.82) is 0 Å². The average Bonchev–Trinajstić information content (AvgIpc) is 3.31. The van der Waals surface area contributed by atoms with E-state index in [9.17, 15) is 0 Å². The highest BCUT2D eigenvalue weighted by molar-refractivity contribution is 7.09. The lowest BCUT2D eigenvalue weighted by Crippen LogP contribution is -1.99. The van der Waals surface area contributed by atoms with Crippen LogP contribution in [0.25, 0.3) is 11.0 Å². The monoisotopic (exact) mass is 378 g/mol. The molecule has 2 aromatic carbocycles. The van der Waals surface area contributed by atoms with E-state index in [0.29, 0.717) is 18.1 Å². The zero-order valence-corrected chi connectivity index (χ0v) is 15.8. The summed E-state index contributed by atoms with van der Waals surface area (Å²) in [5.41, 5.74) is 3.69. The minimum absolute atomic E-state index is 0.412. The van der Waals surface area contributed by atoms with Crippen molar-refractivity contribution in [2.75, 3.05) is 7.11 Å². The first kappa shape index (κ1) is 17.2. The largest absolute Gasteiger partial charge is 0.493 e. The normalized spacial score (nSPS) is 11.3. The minimum Gasteiger partial charge on any atom is -0.493 e. The lowest BCUT2D eigenvalue weighted by molar-refractivity contribution is 0.281. The van der Waals surface area contributed by atoms with Gasteiger partial charge < -0.3 is 9.47 Å². The number of fused-ring (bicyclic) bond motifs is 1. The SMILES string of the molecule is COc1cc(/C=N\n2cnc3ccccc32)ccc1OCc1csc(C)n1. The van der Waals surface area contributed by atoms with Crippen molar-refractivity contribution >= 4 is 28.6 Å². The molecule has 2 heterocycles. The average molecular weight is 378 g/mol. The Balaban J connectivity index is 1.52. The van der Waals surface area contributed by atoms with Crippen LogP contribution in [0.15, 0.2) is 59.3 Å². The molecule has 4 aromatic rings. The molecule has 6 nitrogen and oxygen atoms in total. The molecule has 0 atom stereocenters. The van der Waals surface area contributed by atoms with E-state index in [1.807, 2.05) is 54.8 Å². The number of hydrogen-bond donors (Lipinski definition) is 0. The highest BCUT2D eigenvalue weighted by atomic mass is 32.1. The van der Waals surface area contributed by atoms with Gasteiger partial charge in [0.05, 0.1) is 35.1 Å². The van der Waals surface area contributed by atoms with Crippen LogP contribution >= 0.6 is 11.3 Å². The molecule has 0 fully saturated rings. The molecule has 2 aromatic heterocycles. The van der Waals surface area contributed by atoms with Gasteiger partial charge in [0.25, 0.3) is 0 Å². The van der Waals surface area contributed by atoms with Crippen molar-refractivity contribution in [1.82, 2.24) is 14.6 Å². The van der Waals surface area contributed by atoms with Crippen LogP contribution in [0.4, 0.5) is 0 Å². The molecule has 136 valence electrons. The Hall–Kier alpha value is -3.19. The van der Waals surface area contributed by atoms with Gasteiger partial charge in [-0.1, -0.05) is 12.1 Å². The topological polar surface area (TPSA) is 61.5 Å². The Labute approximate surface area is 160 Å². The number of imidazole rings is 1. The predicted molar refractivity (Wildman–Crippen MR) is 107 cm³/mol. The fourth-order valence-electron chi connectivity index (χ4n) is 2.68. The maximum Gasteiger partial charge on any atom is 0.161 e. The van der Waals surface area contributed by atoms with Gasteiger partial charge in [-0.2, -0.15) is 5.10 Å². The number of aromatic nitrogens is 3. The minimum atomic E-state index is 0.412. The molecule has 27 heavy (non-hydrogen) atoms. The van der Waals surface area contributed by atoms with Crippen LogP contribution in [-0.4, -0.2) is 28.0 Å². The lowest BCUT2D eigenvalue weighted by Gasteiger charge is -2.10. The van der Waals surface area contributed by atoms with E-state index in [4.69, 9.17) is 9.47 Å². The number of thiazole rings is 1. The van der Waals surface area contributed by atoms with Gasteiger partial charge in [0.1, 0.15) is 12.9 Å². The van der Waals surface area contributed by atoms with Crippen LogP contribution < -0.4 is 9.47 Å². The third-order valence-corrected chi connectivity index (χ3v) is 4.82. The Kier molecular flexibility index (Phi) is 4.84. The smallest absolute Gasteiger partial charge is 0.161 e. The standard InChI is InChI=1S/C20H18N4O2S/c1-14-23-16(12-27-14)11-26-19-8-7-15(9-20(19)25-2)10-22-24-13-21-17-5-3-4-6-18(17)24/h3-10,12-13H,11H2,1-2H3/b22-10-. The fraction of sp³-hybridized carbons (Fsp3) is 0.150. The van der Waals surface area contributed by atoms with Gasteiger partial charge in [0, 0.05) is 5.38 Å². The van der Waals surface area contributed by atoms with Crippen molar-refractivity contribution < 1.29 is 9.47 Å². The molecule has 0 saturated heterocycles. The summed E-state index contributed by atoms with van der Waals surface area (Å²) in [6.45, 7) is 2.39. The summed E-state index contributed by atoms with van der Waals surface area (Å²) in [6, 6.07) is 13.6. The van der Waals surface area contributed by atoms with Gasteiger partial charge in [-0.05, 0) is 42.8 Å². The molecular formula is C20H18N4O2S. The van der Waals surface area contributed by atoms with E-state index in [2.05, 4.69) is 15.1 Å². The molecule has 0 aliphatic rings. The van der Waals surface area contributed by atoms with Crippen molar-refractivity contribution in [3.8, 4) is 11.5 Å². The first-order chi connectivity index (χ1) is 13.2. The Morgan fingerprint density at radius 1 is 1.19 bits per heavy atom. The van der Waals surface area contributed by atoms with Gasteiger partial charge in [0.2, 0.25) is 0 Å². The zero-order valence-electron chi connectivity index (χ0n) is 15.0. The van der Waals surface area contributed by atoms with Crippen molar-refractivity contribution in [2.24, 2.45) is 5.10 Å². The van der Waals surface area contributed by atoms with Crippen LogP contribution in [0.2, 0.25) is 0 Å². The number of rotatable bonds is 6. The van der Waals surface area contributed by atoms with Gasteiger partial charge in [-0.15, -0.1) is 11.3 Å². The molecule has 0 spiro atoms. The number of hydrogen-bond acceptors (Lipinski definition) is 6. The molecule has 0 radical (unpaired) electrons. The van der Waals surface area contributed by atoms with E-state index in [1.165, 1.54) is 0 Å². The van der Waals surface area contributed by atoms with Crippen LogP contribution in [0.5, 0.6) is 11.5 Å². The van der Waals surface area contributed by atoms with Gasteiger partial charge in [-0.3, -0.25) is 0 Å². The third-order valence-electron chi connectivity index (χ3n) is 4.00. The fourth-order valence-corrected chi connectivity index (χ4v) is 3.27. The molecule has 0 aliphatic carbocycles. The zero-order chi connectivity index (χ0) is 18.6. The molecule has 0 unspecified atom stereocenters. The molecule has 0 saturated carbocycles. The van der Waals surface area contributed by atoms with Gasteiger partial charge in [-0.25, -0.2) is 14.6 Å². The summed E-state index contributed by atoms with van der Waals surface area (Å²) in [7, 11) is 1.62. The van der Waals surface area contributed by atoms with Crippen LogP contribution in [0.3, 0.4) is 0 Å². The molecule has 7 heteroatoms. The molecule has 0 N–H and O–H groups in total. The van der Waals surface area contributed by atoms with E-state index in [-0.39, 0.29) is 0 Å². The molecular weight excluding hydrogens is 360 g/mol. The van der Waals surface area contributed by atoms with Gasteiger partial charge >= 0.3 is 0 Å². The maximum atomic E-state index is 5.85. The number of nitrogens with zero attached hydrogens (tertiary/aromatic N) is 4. The Bertz CT molecular complexity index is 1100. The van der Waals surface area contributed by atoms with E-state index >= 15 is 0 Å². The second kappa shape index (κ2) is 7.59. The first-order valence-electron chi connectivity index (χ1n) is 8.41.